The van der Waals surface area contributed by atoms with E-state index in [1.807, 2.05) is 19.9 Å². The van der Waals surface area contributed by atoms with Crippen LogP contribution < -0.4 is 10.1 Å². The van der Waals surface area contributed by atoms with E-state index < -0.39 is 18.2 Å². The zero-order chi connectivity index (χ0) is 27.2. The highest BCUT2D eigenvalue weighted by atomic mass is 19.4. The third-order valence-electron chi connectivity index (χ3n) is 8.73. The topological polar surface area (TPSA) is 80.6 Å². The van der Waals surface area contributed by atoms with Crippen molar-refractivity contribution >= 4 is 11.9 Å². The summed E-state index contributed by atoms with van der Waals surface area (Å²) in [4.78, 5) is 24.4. The second-order valence-electron chi connectivity index (χ2n) is 11.7. The Hall–Kier alpha value is -2.97. The molecule has 3 fully saturated rings. The smallest absolute Gasteiger partial charge is 0.481 e. The molecule has 1 aromatic carbocycles. The molecule has 6 nitrogen and oxygen atoms in total. The number of rotatable bonds is 8. The molecule has 0 atom stereocenters. The van der Waals surface area contributed by atoms with Crippen LogP contribution in [0.1, 0.15) is 86.3 Å². The third-order valence-corrected chi connectivity index (χ3v) is 8.73. The average molecular weight is 533 g/mol. The molecule has 0 unspecified atom stereocenters. The molecule has 3 saturated carbocycles. The minimum absolute atomic E-state index is 0.180. The number of ether oxygens (including phenoxy) is 1. The molecule has 3 aliphatic rings. The molecule has 0 radical (unpaired) electrons. The second-order valence-corrected chi connectivity index (χ2v) is 11.7. The monoisotopic (exact) mass is 532 g/mol. The van der Waals surface area contributed by atoms with Gasteiger partial charge in [0, 0.05) is 29.5 Å². The van der Waals surface area contributed by atoms with E-state index in [0.29, 0.717) is 42.1 Å². The van der Waals surface area contributed by atoms with Gasteiger partial charge >= 0.3 is 12.3 Å². The maximum Gasteiger partial charge on any atom is 0.573 e. The van der Waals surface area contributed by atoms with Gasteiger partial charge in [0.05, 0.1) is 11.5 Å². The van der Waals surface area contributed by atoms with E-state index in [1.54, 1.807) is 6.07 Å². The molecular formula is C29H35F3N2O4. The van der Waals surface area contributed by atoms with Crippen molar-refractivity contribution in [3.63, 3.8) is 0 Å². The molecule has 1 amide bonds. The molecular weight excluding hydrogens is 497 g/mol. The maximum absolute atomic E-state index is 13.3. The van der Waals surface area contributed by atoms with E-state index in [0.717, 1.165) is 49.8 Å². The molecule has 0 bridgehead atoms. The molecule has 38 heavy (non-hydrogen) atoms. The van der Waals surface area contributed by atoms with Gasteiger partial charge in [-0.3, -0.25) is 9.59 Å². The van der Waals surface area contributed by atoms with Gasteiger partial charge in [0.2, 0.25) is 0 Å². The Morgan fingerprint density at radius 1 is 1.11 bits per heavy atom. The number of benzene rings is 1. The van der Waals surface area contributed by atoms with Crippen LogP contribution >= 0.6 is 0 Å². The van der Waals surface area contributed by atoms with E-state index in [9.17, 15) is 22.8 Å². The fourth-order valence-electron chi connectivity index (χ4n) is 5.94. The Kier molecular flexibility index (Phi) is 6.99. The predicted molar refractivity (Wildman–Crippen MR) is 136 cm³/mol. The molecule has 0 saturated heterocycles. The van der Waals surface area contributed by atoms with E-state index >= 15 is 0 Å². The van der Waals surface area contributed by atoms with E-state index in [2.05, 4.69) is 14.6 Å². The van der Waals surface area contributed by atoms with Crippen LogP contribution in [0.3, 0.4) is 0 Å². The lowest BCUT2D eigenvalue weighted by atomic mass is 9.80. The van der Waals surface area contributed by atoms with Gasteiger partial charge in [-0.15, -0.1) is 13.2 Å². The molecule has 0 aliphatic heterocycles. The fourth-order valence-corrected chi connectivity index (χ4v) is 5.94. The van der Waals surface area contributed by atoms with Crippen LogP contribution in [0.4, 0.5) is 13.2 Å². The van der Waals surface area contributed by atoms with Gasteiger partial charge in [0.15, 0.2) is 0 Å². The van der Waals surface area contributed by atoms with E-state index in [4.69, 9.17) is 5.11 Å². The lowest BCUT2D eigenvalue weighted by Crippen LogP contribution is -2.46. The SMILES string of the molecule is Cc1c(C(=O)N[C@H]2C[C@H](C(=O)O)C2)cc(-c2cc(OC(F)(F)F)cc(C3(C)CC3)c2)n1CC1CCCCC1. The Morgan fingerprint density at radius 3 is 2.39 bits per heavy atom. The molecule has 9 heteroatoms. The number of alkyl halides is 3. The van der Waals surface area contributed by atoms with E-state index in [-0.39, 0.29) is 23.1 Å². The normalized spacial score (nSPS) is 23.0. The molecule has 206 valence electrons. The Balaban J connectivity index is 1.51. The molecule has 3 aliphatic carbocycles. The number of aliphatic carboxylic acids is 1. The van der Waals surface area contributed by atoms with Crippen molar-refractivity contribution in [1.29, 1.82) is 0 Å². The van der Waals surface area contributed by atoms with Crippen LogP contribution in [0.25, 0.3) is 11.3 Å². The predicted octanol–water partition coefficient (Wildman–Crippen LogP) is 6.59. The zero-order valence-electron chi connectivity index (χ0n) is 21.9. The Labute approximate surface area is 220 Å². The van der Waals surface area contributed by atoms with Gasteiger partial charge in [0.1, 0.15) is 5.75 Å². The number of hydrogen-bond donors (Lipinski definition) is 2. The van der Waals surface area contributed by atoms with Crippen molar-refractivity contribution in [2.24, 2.45) is 11.8 Å². The summed E-state index contributed by atoms with van der Waals surface area (Å²) in [6.45, 7) is 4.61. The van der Waals surface area contributed by atoms with Gasteiger partial charge in [-0.1, -0.05) is 26.2 Å². The molecule has 1 heterocycles. The summed E-state index contributed by atoms with van der Waals surface area (Å²) >= 11 is 0. The van der Waals surface area contributed by atoms with Crippen LogP contribution in [-0.4, -0.2) is 34.0 Å². The first-order chi connectivity index (χ1) is 17.9. The molecule has 5 rings (SSSR count). The number of amides is 1. The highest BCUT2D eigenvalue weighted by molar-refractivity contribution is 5.97. The van der Waals surface area contributed by atoms with Gasteiger partial charge in [-0.05, 0) is 86.6 Å². The third kappa shape index (κ3) is 5.71. The number of hydrogen-bond acceptors (Lipinski definition) is 3. The quantitative estimate of drug-likeness (QED) is 0.402. The summed E-state index contributed by atoms with van der Waals surface area (Å²) < 4.78 is 46.1. The molecule has 0 spiro atoms. The largest absolute Gasteiger partial charge is 0.573 e. The fraction of sp³-hybridized carbons (Fsp3) is 0.586. The summed E-state index contributed by atoms with van der Waals surface area (Å²) in [7, 11) is 0. The minimum atomic E-state index is -4.80. The number of carbonyl (C=O) groups excluding carboxylic acids is 1. The summed E-state index contributed by atoms with van der Waals surface area (Å²) in [5.74, 6) is -1.39. The lowest BCUT2D eigenvalue weighted by molar-refractivity contribution is -0.274. The van der Waals surface area contributed by atoms with Crippen molar-refractivity contribution in [3.8, 4) is 17.0 Å². The van der Waals surface area contributed by atoms with Crippen molar-refractivity contribution in [1.82, 2.24) is 9.88 Å². The van der Waals surface area contributed by atoms with Gasteiger partial charge in [-0.2, -0.15) is 0 Å². The van der Waals surface area contributed by atoms with Crippen LogP contribution in [0, 0.1) is 18.8 Å². The average Bonchev–Trinajstić information content (AvgIpc) is 3.49. The van der Waals surface area contributed by atoms with Gasteiger partial charge in [0.25, 0.3) is 5.91 Å². The zero-order valence-corrected chi connectivity index (χ0v) is 21.9. The molecule has 1 aromatic heterocycles. The van der Waals surface area contributed by atoms with Crippen LogP contribution in [-0.2, 0) is 16.8 Å². The lowest BCUT2D eigenvalue weighted by Gasteiger charge is -2.32. The first-order valence-electron chi connectivity index (χ1n) is 13.6. The summed E-state index contributed by atoms with van der Waals surface area (Å²) in [5.41, 5.74) is 3.16. The van der Waals surface area contributed by atoms with Crippen LogP contribution in [0.2, 0.25) is 0 Å². The number of carbonyl (C=O) groups is 2. The highest BCUT2D eigenvalue weighted by Crippen LogP contribution is 2.49. The molecule has 2 aromatic rings. The molecule has 2 N–H and O–H groups in total. The maximum atomic E-state index is 13.3. The van der Waals surface area contributed by atoms with E-state index in [1.165, 1.54) is 18.6 Å². The number of halogens is 3. The van der Waals surface area contributed by atoms with Crippen molar-refractivity contribution in [2.75, 3.05) is 0 Å². The number of aromatic nitrogens is 1. The highest BCUT2D eigenvalue weighted by Gasteiger charge is 2.41. The number of nitrogens with zero attached hydrogens (tertiary/aromatic N) is 1. The summed E-state index contributed by atoms with van der Waals surface area (Å²) in [5, 5.41) is 12.1. The number of carboxylic acids is 1. The van der Waals surface area contributed by atoms with Crippen molar-refractivity contribution < 1.29 is 32.6 Å². The minimum Gasteiger partial charge on any atom is -0.481 e. The summed E-state index contributed by atoms with van der Waals surface area (Å²) in [6, 6.07) is 6.41. The summed E-state index contributed by atoms with van der Waals surface area (Å²) in [6.07, 6.45) is 3.46. The standard InChI is InChI=1S/C29H35F3N2O4/c1-17-24(26(35)33-22-11-20(12-22)27(36)37)15-25(34(17)16-18-6-4-3-5-7-18)19-10-21(28(2)8-9-28)14-23(13-19)38-29(30,31)32/h10,13-15,18,20,22H,3-9,11-12,16H2,1-2H3,(H,33,35)(H,36,37)/t20-,22-. The Bertz CT molecular complexity index is 1220. The van der Waals surface area contributed by atoms with Gasteiger partial charge in [-0.25, -0.2) is 0 Å². The van der Waals surface area contributed by atoms with Gasteiger partial charge < -0.3 is 19.7 Å². The van der Waals surface area contributed by atoms with Crippen LogP contribution in [0.5, 0.6) is 5.75 Å². The van der Waals surface area contributed by atoms with Crippen molar-refractivity contribution in [3.05, 3.63) is 41.1 Å². The van der Waals surface area contributed by atoms with Crippen molar-refractivity contribution in [2.45, 2.75) is 96.0 Å². The second kappa shape index (κ2) is 9.97. The number of nitrogens with one attached hydrogen (secondary N) is 1. The first-order valence-corrected chi connectivity index (χ1v) is 13.6. The Morgan fingerprint density at radius 2 is 1.79 bits per heavy atom. The number of carboxylic acid groups (broad SMARTS) is 1. The first kappa shape index (κ1) is 26.6. The van der Waals surface area contributed by atoms with Crippen LogP contribution in [0.15, 0.2) is 24.3 Å².